The van der Waals surface area contributed by atoms with Crippen molar-refractivity contribution in [1.29, 1.82) is 5.26 Å². The summed E-state index contributed by atoms with van der Waals surface area (Å²) >= 11 is 9.08. The molecule has 0 aliphatic heterocycles. The molecule has 7 heteroatoms. The van der Waals surface area contributed by atoms with Crippen LogP contribution in [0, 0.1) is 26.2 Å². The third-order valence-electron chi connectivity index (χ3n) is 5.97. The lowest BCUT2D eigenvalue weighted by Crippen LogP contribution is -2.34. The van der Waals surface area contributed by atoms with Gasteiger partial charge in [0.15, 0.2) is 5.11 Å². The van der Waals surface area contributed by atoms with E-state index in [1.54, 1.807) is 17.4 Å². The van der Waals surface area contributed by atoms with E-state index in [-0.39, 0.29) is 16.4 Å². The summed E-state index contributed by atoms with van der Waals surface area (Å²) in [5, 5.41) is 16.5. The largest absolute Gasteiger partial charge is 0.323 e. The van der Waals surface area contributed by atoms with Crippen LogP contribution in [0.2, 0.25) is 0 Å². The molecule has 29 heavy (non-hydrogen) atoms. The highest BCUT2D eigenvalue weighted by atomic mass is 127. The van der Waals surface area contributed by atoms with E-state index in [1.165, 1.54) is 4.88 Å². The Balaban J connectivity index is 1.75. The Morgan fingerprint density at radius 1 is 1.41 bits per heavy atom. The summed E-state index contributed by atoms with van der Waals surface area (Å²) in [5.74, 6) is 0.363. The molecule has 1 aliphatic carbocycles. The molecule has 0 fully saturated rings. The first-order valence-electron chi connectivity index (χ1n) is 9.68. The van der Waals surface area contributed by atoms with Crippen LogP contribution >= 0.6 is 46.1 Å². The minimum Gasteiger partial charge on any atom is -0.323 e. The van der Waals surface area contributed by atoms with E-state index in [4.69, 9.17) is 12.2 Å². The van der Waals surface area contributed by atoms with Crippen molar-refractivity contribution in [3.05, 3.63) is 49.4 Å². The zero-order valence-corrected chi connectivity index (χ0v) is 20.6. The number of nitrogens with zero attached hydrogens (tertiary/aromatic N) is 1. The second-order valence-electron chi connectivity index (χ2n) is 7.99. The number of nitriles is 1. The van der Waals surface area contributed by atoms with E-state index < -0.39 is 0 Å². The first-order chi connectivity index (χ1) is 13.8. The Hall–Kier alpha value is -1.50. The SMILES string of the molecule is CCC(C)(C)C1CCc2c(sc(NC(=S)NC(=O)c3ccccc3I)c2C#N)C1. The second-order valence-corrected chi connectivity index (χ2v) is 10.7. The quantitative estimate of drug-likeness (QED) is 0.377. The molecule has 0 radical (unpaired) electrons. The van der Waals surface area contributed by atoms with Crippen LogP contribution in [0.1, 0.15) is 60.0 Å². The molecule has 1 aliphatic rings. The Morgan fingerprint density at radius 3 is 2.79 bits per heavy atom. The molecule has 1 atom stereocenters. The van der Waals surface area contributed by atoms with Crippen molar-refractivity contribution in [3.63, 3.8) is 0 Å². The lowest BCUT2D eigenvalue weighted by Gasteiger charge is -2.36. The maximum atomic E-state index is 12.5. The molecule has 1 unspecified atom stereocenters. The van der Waals surface area contributed by atoms with Gasteiger partial charge in [-0.3, -0.25) is 10.1 Å². The summed E-state index contributed by atoms with van der Waals surface area (Å²) in [7, 11) is 0. The van der Waals surface area contributed by atoms with E-state index in [2.05, 4.69) is 60.1 Å². The van der Waals surface area contributed by atoms with Gasteiger partial charge in [-0.2, -0.15) is 5.26 Å². The number of thiophene rings is 1. The van der Waals surface area contributed by atoms with E-state index in [1.807, 2.05) is 18.2 Å². The summed E-state index contributed by atoms with van der Waals surface area (Å²) in [4.78, 5) is 13.8. The van der Waals surface area contributed by atoms with Gasteiger partial charge in [-0.25, -0.2) is 0 Å². The summed E-state index contributed by atoms with van der Waals surface area (Å²) in [6.45, 7) is 6.90. The minimum absolute atomic E-state index is 0.218. The van der Waals surface area contributed by atoms with Crippen molar-refractivity contribution in [1.82, 2.24) is 5.32 Å². The maximum Gasteiger partial charge on any atom is 0.258 e. The first-order valence-corrected chi connectivity index (χ1v) is 12.0. The Labute approximate surface area is 195 Å². The third-order valence-corrected chi connectivity index (χ3v) is 8.28. The van der Waals surface area contributed by atoms with Gasteiger partial charge in [0.2, 0.25) is 0 Å². The molecule has 0 bridgehead atoms. The number of carbonyl (C=O) groups is 1. The third kappa shape index (κ3) is 4.81. The van der Waals surface area contributed by atoms with Crippen LogP contribution in [0.4, 0.5) is 5.00 Å². The number of carbonyl (C=O) groups excluding carboxylic acids is 1. The summed E-state index contributed by atoms with van der Waals surface area (Å²) in [6, 6.07) is 9.69. The number of nitrogens with one attached hydrogen (secondary N) is 2. The minimum atomic E-state index is -0.253. The molecule has 2 N–H and O–H groups in total. The van der Waals surface area contributed by atoms with Crippen molar-refractivity contribution in [2.45, 2.75) is 46.5 Å². The summed E-state index contributed by atoms with van der Waals surface area (Å²) in [6.07, 6.45) is 4.17. The molecular weight excluding hydrogens is 513 g/mol. The van der Waals surface area contributed by atoms with Crippen LogP contribution < -0.4 is 10.6 Å². The normalized spacial score (nSPS) is 15.9. The van der Waals surface area contributed by atoms with Crippen molar-refractivity contribution < 1.29 is 4.79 Å². The number of fused-ring (bicyclic) bond motifs is 1. The van der Waals surface area contributed by atoms with Gasteiger partial charge in [-0.15, -0.1) is 11.3 Å². The highest BCUT2D eigenvalue weighted by Gasteiger charge is 2.34. The molecule has 0 saturated carbocycles. The number of hydrogen-bond acceptors (Lipinski definition) is 4. The Morgan fingerprint density at radius 2 is 2.14 bits per heavy atom. The standard InChI is InChI=1S/C22H24IN3OS2/c1-4-22(2,3)13-9-10-14-16(12-24)20(29-18(14)11-13)26-21(28)25-19(27)15-7-5-6-8-17(15)23/h5-8,13H,4,9-11H2,1-3H3,(H2,25,26,27,28). The molecule has 0 saturated heterocycles. The van der Waals surface area contributed by atoms with Crippen LogP contribution in [-0.4, -0.2) is 11.0 Å². The molecule has 4 nitrogen and oxygen atoms in total. The van der Waals surface area contributed by atoms with Crippen LogP contribution in [0.3, 0.4) is 0 Å². The zero-order valence-electron chi connectivity index (χ0n) is 16.8. The second kappa shape index (κ2) is 9.11. The fourth-order valence-corrected chi connectivity index (χ4v) is 5.87. The molecular formula is C22H24IN3OS2. The smallest absolute Gasteiger partial charge is 0.258 e. The van der Waals surface area contributed by atoms with Crippen molar-refractivity contribution >= 4 is 62.2 Å². The van der Waals surface area contributed by atoms with Gasteiger partial charge in [-0.05, 0) is 83.1 Å². The van der Waals surface area contributed by atoms with Crippen LogP contribution in [0.5, 0.6) is 0 Å². The van der Waals surface area contributed by atoms with Gasteiger partial charge >= 0.3 is 0 Å². The molecule has 2 aromatic rings. The van der Waals surface area contributed by atoms with Crippen molar-refractivity contribution in [2.24, 2.45) is 11.3 Å². The van der Waals surface area contributed by atoms with Crippen molar-refractivity contribution in [3.8, 4) is 6.07 Å². The highest BCUT2D eigenvalue weighted by molar-refractivity contribution is 14.1. The maximum absolute atomic E-state index is 12.5. The number of amides is 1. The van der Waals surface area contributed by atoms with E-state index in [0.29, 0.717) is 17.0 Å². The fraction of sp³-hybridized carbons (Fsp3) is 0.409. The molecule has 1 aromatic carbocycles. The Bertz CT molecular complexity index is 990. The molecule has 0 spiro atoms. The number of thiocarbonyl (C=S) groups is 1. The van der Waals surface area contributed by atoms with Gasteiger partial charge in [0.05, 0.1) is 11.1 Å². The number of rotatable bonds is 4. The summed E-state index contributed by atoms with van der Waals surface area (Å²) < 4.78 is 0.860. The monoisotopic (exact) mass is 537 g/mol. The lowest BCUT2D eigenvalue weighted by molar-refractivity contribution is 0.0977. The van der Waals surface area contributed by atoms with Gasteiger partial charge in [0.1, 0.15) is 11.1 Å². The van der Waals surface area contributed by atoms with Gasteiger partial charge < -0.3 is 5.32 Å². The summed E-state index contributed by atoms with van der Waals surface area (Å²) in [5.41, 5.74) is 2.68. The predicted molar refractivity (Wildman–Crippen MR) is 131 cm³/mol. The number of anilines is 1. The first kappa shape index (κ1) is 22.2. The van der Waals surface area contributed by atoms with Crippen LogP contribution in [0.25, 0.3) is 0 Å². The van der Waals surface area contributed by atoms with E-state index >= 15 is 0 Å². The average Bonchev–Trinajstić information content (AvgIpc) is 3.03. The van der Waals surface area contributed by atoms with Crippen LogP contribution in [-0.2, 0) is 12.8 Å². The average molecular weight is 537 g/mol. The molecule has 3 rings (SSSR count). The number of hydrogen-bond donors (Lipinski definition) is 2. The fourth-order valence-electron chi connectivity index (χ4n) is 3.70. The molecule has 1 heterocycles. The van der Waals surface area contributed by atoms with Gasteiger partial charge in [0, 0.05) is 8.45 Å². The van der Waals surface area contributed by atoms with Crippen LogP contribution in [0.15, 0.2) is 24.3 Å². The number of halogens is 1. The van der Waals surface area contributed by atoms with E-state index in [9.17, 15) is 10.1 Å². The highest BCUT2D eigenvalue weighted by Crippen LogP contribution is 2.45. The molecule has 1 amide bonds. The topological polar surface area (TPSA) is 64.9 Å². The van der Waals surface area contributed by atoms with Gasteiger partial charge in [0.25, 0.3) is 5.91 Å². The molecule has 152 valence electrons. The Kier molecular flexibility index (Phi) is 6.97. The zero-order chi connectivity index (χ0) is 21.2. The lowest BCUT2D eigenvalue weighted by atomic mass is 9.69. The molecule has 1 aromatic heterocycles. The van der Waals surface area contributed by atoms with E-state index in [0.717, 1.165) is 39.8 Å². The van der Waals surface area contributed by atoms with Crippen molar-refractivity contribution in [2.75, 3.05) is 5.32 Å². The predicted octanol–water partition coefficient (Wildman–Crippen LogP) is 5.89. The number of benzene rings is 1. The van der Waals surface area contributed by atoms with Gasteiger partial charge in [-0.1, -0.05) is 39.3 Å².